The van der Waals surface area contributed by atoms with Crippen molar-refractivity contribution in [2.24, 2.45) is 5.73 Å². The number of aromatic nitrogens is 1. The summed E-state index contributed by atoms with van der Waals surface area (Å²) in [6, 6.07) is 0. The van der Waals surface area contributed by atoms with Gasteiger partial charge in [-0.05, 0) is 6.92 Å². The van der Waals surface area contributed by atoms with Crippen LogP contribution in [0.15, 0.2) is 5.51 Å². The van der Waals surface area contributed by atoms with Crippen molar-refractivity contribution in [3.05, 3.63) is 16.1 Å². The predicted molar refractivity (Wildman–Crippen MR) is 55.3 cm³/mol. The number of thiazole rings is 1. The zero-order valence-corrected chi connectivity index (χ0v) is 9.13. The summed E-state index contributed by atoms with van der Waals surface area (Å²) in [6.45, 7) is 2.36. The Bertz CT molecular complexity index is 312. The normalized spacial score (nSPS) is 12.5. The SMILES string of the molecule is COC(=O)CC(CN)c1scnc1C. The second kappa shape index (κ2) is 5.07. The molecule has 0 spiro atoms. The van der Waals surface area contributed by atoms with Crippen LogP contribution in [0.25, 0.3) is 0 Å². The molecule has 2 N–H and O–H groups in total. The highest BCUT2D eigenvalue weighted by atomic mass is 32.1. The molecule has 4 nitrogen and oxygen atoms in total. The summed E-state index contributed by atoms with van der Waals surface area (Å²) < 4.78 is 4.61. The summed E-state index contributed by atoms with van der Waals surface area (Å²) in [4.78, 5) is 16.3. The van der Waals surface area contributed by atoms with Crippen LogP contribution in [-0.4, -0.2) is 24.6 Å². The minimum absolute atomic E-state index is 0.0370. The Kier molecular flexibility index (Phi) is 4.03. The number of methoxy groups -OCH3 is 1. The van der Waals surface area contributed by atoms with Gasteiger partial charge in [-0.15, -0.1) is 11.3 Å². The van der Waals surface area contributed by atoms with Gasteiger partial charge in [-0.2, -0.15) is 0 Å². The molecule has 14 heavy (non-hydrogen) atoms. The number of carbonyl (C=O) groups excluding carboxylic acids is 1. The standard InChI is InChI=1S/C9H14N2O2S/c1-6-9(14-5-11-6)7(4-10)3-8(12)13-2/h5,7H,3-4,10H2,1-2H3. The number of nitrogens with zero attached hydrogens (tertiary/aromatic N) is 1. The highest BCUT2D eigenvalue weighted by Gasteiger charge is 2.18. The molecule has 0 radical (unpaired) electrons. The van der Waals surface area contributed by atoms with E-state index in [1.54, 1.807) is 5.51 Å². The maximum atomic E-state index is 11.1. The number of ether oxygens (including phenoxy) is 1. The van der Waals surface area contributed by atoms with E-state index in [4.69, 9.17) is 5.73 Å². The predicted octanol–water partition coefficient (Wildman–Crippen LogP) is 1.06. The summed E-state index contributed by atoms with van der Waals surface area (Å²) in [5.74, 6) is -0.191. The monoisotopic (exact) mass is 214 g/mol. The van der Waals surface area contributed by atoms with Gasteiger partial charge in [0, 0.05) is 17.3 Å². The van der Waals surface area contributed by atoms with Gasteiger partial charge in [-0.1, -0.05) is 0 Å². The molecule has 1 atom stereocenters. The average Bonchev–Trinajstić information content (AvgIpc) is 2.60. The number of hydrogen-bond acceptors (Lipinski definition) is 5. The third kappa shape index (κ3) is 2.52. The summed E-state index contributed by atoms with van der Waals surface area (Å²) in [5, 5.41) is 0. The van der Waals surface area contributed by atoms with Gasteiger partial charge in [0.2, 0.25) is 0 Å². The second-order valence-corrected chi connectivity index (χ2v) is 3.90. The number of hydrogen-bond donors (Lipinski definition) is 1. The van der Waals surface area contributed by atoms with Crippen molar-refractivity contribution in [1.29, 1.82) is 0 Å². The van der Waals surface area contributed by atoms with Crippen molar-refractivity contribution in [3.8, 4) is 0 Å². The Morgan fingerprint density at radius 2 is 2.50 bits per heavy atom. The highest BCUT2D eigenvalue weighted by molar-refractivity contribution is 7.09. The third-order valence-corrected chi connectivity index (χ3v) is 3.17. The van der Waals surface area contributed by atoms with Gasteiger partial charge in [0.1, 0.15) is 0 Å². The van der Waals surface area contributed by atoms with E-state index < -0.39 is 0 Å². The first-order valence-corrected chi connectivity index (χ1v) is 5.23. The van der Waals surface area contributed by atoms with Crippen LogP contribution in [-0.2, 0) is 9.53 Å². The summed E-state index contributed by atoms with van der Waals surface area (Å²) in [6.07, 6.45) is 0.329. The first kappa shape index (κ1) is 11.1. The molecule has 1 unspecified atom stereocenters. The van der Waals surface area contributed by atoms with Gasteiger partial charge in [0.25, 0.3) is 0 Å². The van der Waals surface area contributed by atoms with Gasteiger partial charge in [-0.3, -0.25) is 4.79 Å². The molecule has 0 aliphatic carbocycles. The van der Waals surface area contributed by atoms with Crippen molar-refractivity contribution in [1.82, 2.24) is 4.98 Å². The Balaban J connectivity index is 2.72. The molecule has 0 saturated carbocycles. The van der Waals surface area contributed by atoms with Crippen molar-refractivity contribution in [2.45, 2.75) is 19.3 Å². The number of esters is 1. The molecule has 1 rings (SSSR count). The molecule has 5 heteroatoms. The number of nitrogens with two attached hydrogens (primary N) is 1. The molecule has 0 aliphatic rings. The van der Waals surface area contributed by atoms with Gasteiger partial charge in [0.05, 0.1) is 24.7 Å². The molecule has 1 aromatic rings. The van der Waals surface area contributed by atoms with Gasteiger partial charge >= 0.3 is 5.97 Å². The van der Waals surface area contributed by atoms with Crippen molar-refractivity contribution < 1.29 is 9.53 Å². The average molecular weight is 214 g/mol. The van der Waals surface area contributed by atoms with Gasteiger partial charge in [0.15, 0.2) is 0 Å². The Hall–Kier alpha value is -0.940. The molecule has 0 bridgehead atoms. The molecular weight excluding hydrogens is 200 g/mol. The van der Waals surface area contributed by atoms with Crippen LogP contribution in [0.5, 0.6) is 0 Å². The molecular formula is C9H14N2O2S. The van der Waals surface area contributed by atoms with E-state index in [1.807, 2.05) is 6.92 Å². The van der Waals surface area contributed by atoms with E-state index in [2.05, 4.69) is 9.72 Å². The first-order valence-electron chi connectivity index (χ1n) is 4.36. The summed E-state index contributed by atoms with van der Waals surface area (Å²) in [7, 11) is 1.38. The second-order valence-electron chi connectivity index (χ2n) is 3.01. The number of rotatable bonds is 4. The third-order valence-electron chi connectivity index (χ3n) is 2.08. The van der Waals surface area contributed by atoms with E-state index in [1.165, 1.54) is 18.4 Å². The summed E-state index contributed by atoms with van der Waals surface area (Å²) in [5.41, 5.74) is 8.33. The fraction of sp³-hybridized carbons (Fsp3) is 0.556. The van der Waals surface area contributed by atoms with Gasteiger partial charge in [-0.25, -0.2) is 4.98 Å². The van der Waals surface area contributed by atoms with Crippen molar-refractivity contribution in [2.75, 3.05) is 13.7 Å². The minimum Gasteiger partial charge on any atom is -0.469 e. The van der Waals surface area contributed by atoms with Crippen LogP contribution in [0.3, 0.4) is 0 Å². The molecule has 1 heterocycles. The van der Waals surface area contributed by atoms with Crippen molar-refractivity contribution in [3.63, 3.8) is 0 Å². The van der Waals surface area contributed by atoms with Crippen LogP contribution in [0.4, 0.5) is 0 Å². The molecule has 78 valence electrons. The smallest absolute Gasteiger partial charge is 0.306 e. The molecule has 0 amide bonds. The first-order chi connectivity index (χ1) is 6.69. The van der Waals surface area contributed by atoms with Crippen LogP contribution in [0.2, 0.25) is 0 Å². The van der Waals surface area contributed by atoms with E-state index in [9.17, 15) is 4.79 Å². The Morgan fingerprint density at radius 3 is 2.93 bits per heavy atom. The zero-order valence-electron chi connectivity index (χ0n) is 8.32. The maximum Gasteiger partial charge on any atom is 0.306 e. The Morgan fingerprint density at radius 1 is 1.79 bits per heavy atom. The van der Waals surface area contributed by atoms with Gasteiger partial charge < -0.3 is 10.5 Å². The van der Waals surface area contributed by atoms with E-state index in [0.29, 0.717) is 13.0 Å². The minimum atomic E-state index is -0.228. The topological polar surface area (TPSA) is 65.2 Å². The molecule has 0 aliphatic heterocycles. The fourth-order valence-corrected chi connectivity index (χ4v) is 2.19. The van der Waals surface area contributed by atoms with E-state index in [0.717, 1.165) is 10.6 Å². The quantitative estimate of drug-likeness (QED) is 0.761. The van der Waals surface area contributed by atoms with Crippen molar-refractivity contribution >= 4 is 17.3 Å². The van der Waals surface area contributed by atoms with Crippen LogP contribution in [0.1, 0.15) is 22.9 Å². The van der Waals surface area contributed by atoms with E-state index >= 15 is 0 Å². The highest BCUT2D eigenvalue weighted by Crippen LogP contribution is 2.25. The fourth-order valence-electron chi connectivity index (χ4n) is 1.27. The van der Waals surface area contributed by atoms with Crippen LogP contribution < -0.4 is 5.73 Å². The zero-order chi connectivity index (χ0) is 10.6. The lowest BCUT2D eigenvalue weighted by molar-refractivity contribution is -0.141. The van der Waals surface area contributed by atoms with E-state index in [-0.39, 0.29) is 11.9 Å². The largest absolute Gasteiger partial charge is 0.469 e. The lowest BCUT2D eigenvalue weighted by Crippen LogP contribution is -2.17. The molecule has 0 fully saturated rings. The Labute approximate surface area is 87.1 Å². The lowest BCUT2D eigenvalue weighted by Gasteiger charge is -2.11. The number of carbonyl (C=O) groups is 1. The van der Waals surface area contributed by atoms with Crippen LogP contribution >= 0.6 is 11.3 Å². The summed E-state index contributed by atoms with van der Waals surface area (Å²) >= 11 is 1.54. The molecule has 0 saturated heterocycles. The maximum absolute atomic E-state index is 11.1. The number of aryl methyl sites for hydroxylation is 1. The lowest BCUT2D eigenvalue weighted by atomic mass is 10.0. The van der Waals surface area contributed by atoms with Crippen LogP contribution in [0, 0.1) is 6.92 Å². The molecule has 1 aromatic heterocycles. The molecule has 0 aromatic carbocycles.